The molecule has 0 saturated heterocycles. The van der Waals surface area contributed by atoms with E-state index in [0.29, 0.717) is 19.7 Å². The van der Waals surface area contributed by atoms with Crippen LogP contribution in [0, 0.1) is 6.92 Å². The van der Waals surface area contributed by atoms with Gasteiger partial charge in [-0.05, 0) is 57.7 Å². The van der Waals surface area contributed by atoms with Crippen LogP contribution in [0.4, 0.5) is 0 Å². The normalized spacial score (nSPS) is 14.5. The molecule has 1 aliphatic rings. The zero-order valence-corrected chi connectivity index (χ0v) is 18.2. The summed E-state index contributed by atoms with van der Waals surface area (Å²) in [6.07, 6.45) is 2.79. The smallest absolute Gasteiger partial charge is 0.323 e. The molecule has 0 radical (unpaired) electrons. The Labute approximate surface area is 178 Å². The first-order valence-electron chi connectivity index (χ1n) is 10.8. The summed E-state index contributed by atoms with van der Waals surface area (Å²) >= 11 is 0. The minimum Gasteiger partial charge on any atom is -0.465 e. The molecule has 162 valence electrons. The van der Waals surface area contributed by atoms with Gasteiger partial charge in [-0.1, -0.05) is 30.3 Å². The van der Waals surface area contributed by atoms with Gasteiger partial charge in [-0.15, -0.1) is 0 Å². The lowest BCUT2D eigenvalue weighted by Gasteiger charge is -2.30. The summed E-state index contributed by atoms with van der Waals surface area (Å²) in [5.41, 5.74) is 1.19. The van der Waals surface area contributed by atoms with Gasteiger partial charge < -0.3 is 14.1 Å². The van der Waals surface area contributed by atoms with E-state index in [4.69, 9.17) is 9.15 Å². The van der Waals surface area contributed by atoms with Crippen molar-refractivity contribution < 1.29 is 18.7 Å². The molecule has 30 heavy (non-hydrogen) atoms. The first-order chi connectivity index (χ1) is 14.5. The first-order valence-corrected chi connectivity index (χ1v) is 10.8. The van der Waals surface area contributed by atoms with Gasteiger partial charge in [0.05, 0.1) is 19.7 Å². The van der Waals surface area contributed by atoms with Crippen LogP contribution in [-0.2, 0) is 27.3 Å². The molecule has 1 aliphatic carbocycles. The second-order valence-electron chi connectivity index (χ2n) is 7.89. The van der Waals surface area contributed by atoms with Gasteiger partial charge >= 0.3 is 5.97 Å². The Balaban J connectivity index is 1.69. The average Bonchev–Trinajstić information content (AvgIpc) is 3.50. The van der Waals surface area contributed by atoms with Crippen molar-refractivity contribution in [3.63, 3.8) is 0 Å². The number of amides is 1. The number of benzene rings is 1. The van der Waals surface area contributed by atoms with E-state index in [1.165, 1.54) is 5.56 Å². The summed E-state index contributed by atoms with van der Waals surface area (Å²) in [6, 6.07) is 13.8. The molecule has 0 aliphatic heterocycles. The molecule has 6 heteroatoms. The van der Waals surface area contributed by atoms with Crippen LogP contribution in [0.2, 0.25) is 0 Å². The number of hydrogen-bond donors (Lipinski definition) is 0. The van der Waals surface area contributed by atoms with Gasteiger partial charge in [0.15, 0.2) is 0 Å². The predicted molar refractivity (Wildman–Crippen MR) is 115 cm³/mol. The van der Waals surface area contributed by atoms with Crippen molar-refractivity contribution in [1.29, 1.82) is 0 Å². The van der Waals surface area contributed by atoms with E-state index in [1.807, 2.05) is 54.0 Å². The minimum atomic E-state index is -0.428. The highest BCUT2D eigenvalue weighted by atomic mass is 16.5. The van der Waals surface area contributed by atoms with E-state index >= 15 is 0 Å². The lowest BCUT2D eigenvalue weighted by molar-refractivity contribution is -0.150. The summed E-state index contributed by atoms with van der Waals surface area (Å²) in [5, 5.41) is 0. The number of carbonyl (C=O) groups is 2. The van der Waals surface area contributed by atoms with Gasteiger partial charge in [0.1, 0.15) is 17.6 Å². The largest absolute Gasteiger partial charge is 0.465 e. The maximum absolute atomic E-state index is 13.3. The van der Waals surface area contributed by atoms with Crippen LogP contribution in [0.25, 0.3) is 0 Å². The van der Waals surface area contributed by atoms with Crippen LogP contribution in [0.5, 0.6) is 0 Å². The van der Waals surface area contributed by atoms with E-state index in [-0.39, 0.29) is 24.5 Å². The molecule has 2 aromatic rings. The Kier molecular flexibility index (Phi) is 7.69. The minimum absolute atomic E-state index is 0.00281. The summed E-state index contributed by atoms with van der Waals surface area (Å²) in [7, 11) is 0. The predicted octanol–water partition coefficient (Wildman–Crippen LogP) is 3.58. The zero-order chi connectivity index (χ0) is 21.5. The van der Waals surface area contributed by atoms with E-state index < -0.39 is 6.04 Å². The third-order valence-corrected chi connectivity index (χ3v) is 5.47. The van der Waals surface area contributed by atoms with Crippen molar-refractivity contribution in [3.05, 3.63) is 59.5 Å². The molecular weight excluding hydrogens is 380 g/mol. The van der Waals surface area contributed by atoms with Gasteiger partial charge in [0.25, 0.3) is 0 Å². The van der Waals surface area contributed by atoms with Crippen molar-refractivity contribution in [2.24, 2.45) is 0 Å². The molecule has 6 nitrogen and oxygen atoms in total. The van der Waals surface area contributed by atoms with Crippen LogP contribution in [-0.4, -0.2) is 53.5 Å². The molecule has 0 unspecified atom stereocenters. The van der Waals surface area contributed by atoms with Crippen LogP contribution >= 0.6 is 0 Å². The van der Waals surface area contributed by atoms with Gasteiger partial charge in [0, 0.05) is 12.6 Å². The number of ether oxygens (including phenoxy) is 1. The van der Waals surface area contributed by atoms with Crippen molar-refractivity contribution in [2.45, 2.75) is 58.7 Å². The third-order valence-electron chi connectivity index (χ3n) is 5.47. The molecular formula is C24H32N2O4. The van der Waals surface area contributed by atoms with Crippen LogP contribution in [0.3, 0.4) is 0 Å². The molecule has 0 N–H and O–H groups in total. The molecule has 1 aromatic carbocycles. The Hall–Kier alpha value is -2.60. The van der Waals surface area contributed by atoms with Crippen LogP contribution < -0.4 is 0 Å². The lowest BCUT2D eigenvalue weighted by Crippen LogP contribution is -2.48. The highest BCUT2D eigenvalue weighted by molar-refractivity contribution is 5.80. The number of hydrogen-bond acceptors (Lipinski definition) is 5. The van der Waals surface area contributed by atoms with Crippen molar-refractivity contribution in [3.8, 4) is 0 Å². The molecule has 1 atom stereocenters. The number of nitrogens with zero attached hydrogens (tertiary/aromatic N) is 2. The first kappa shape index (κ1) is 22.1. The molecule has 1 fully saturated rings. The highest BCUT2D eigenvalue weighted by Crippen LogP contribution is 2.29. The van der Waals surface area contributed by atoms with Crippen molar-refractivity contribution >= 4 is 11.9 Å². The maximum atomic E-state index is 13.3. The molecule has 1 aromatic heterocycles. The number of esters is 1. The topological polar surface area (TPSA) is 63.0 Å². The monoisotopic (exact) mass is 412 g/mol. The van der Waals surface area contributed by atoms with Gasteiger partial charge in [-0.2, -0.15) is 0 Å². The highest BCUT2D eigenvalue weighted by Gasteiger charge is 2.37. The third kappa shape index (κ3) is 6.20. The Morgan fingerprint density at radius 1 is 1.17 bits per heavy atom. The second kappa shape index (κ2) is 10.4. The summed E-state index contributed by atoms with van der Waals surface area (Å²) < 4.78 is 10.9. The number of rotatable bonds is 11. The second-order valence-corrected chi connectivity index (χ2v) is 7.89. The van der Waals surface area contributed by atoms with Crippen LogP contribution in [0.15, 0.2) is 46.9 Å². The Morgan fingerprint density at radius 3 is 2.50 bits per heavy atom. The van der Waals surface area contributed by atoms with Crippen molar-refractivity contribution in [2.75, 3.05) is 19.7 Å². The average molecular weight is 413 g/mol. The van der Waals surface area contributed by atoms with E-state index in [9.17, 15) is 9.59 Å². The molecule has 3 rings (SSSR count). The SMILES string of the molecule is CCOC(=O)[C@@H](C)N(CC(=O)N(CCc1ccccc1)Cc1ccc(C)o1)C1CC1. The summed E-state index contributed by atoms with van der Waals surface area (Å²) in [4.78, 5) is 29.4. The number of carbonyl (C=O) groups excluding carboxylic acids is 2. The standard InChI is InChI=1S/C24H32N2O4/c1-4-29-24(28)19(3)26(21-11-12-21)17-23(27)25(16-22-13-10-18(2)30-22)15-14-20-8-6-5-7-9-20/h5-10,13,19,21H,4,11-12,14-17H2,1-3H3/t19-/m1/s1. The van der Waals surface area contributed by atoms with Gasteiger partial charge in [-0.25, -0.2) is 0 Å². The fourth-order valence-electron chi connectivity index (χ4n) is 3.60. The number of aryl methyl sites for hydroxylation is 1. The van der Waals surface area contributed by atoms with Gasteiger partial charge in [0.2, 0.25) is 5.91 Å². The summed E-state index contributed by atoms with van der Waals surface area (Å²) in [6.45, 7) is 7.09. The maximum Gasteiger partial charge on any atom is 0.323 e. The Bertz CT molecular complexity index is 829. The molecule has 0 bridgehead atoms. The number of furan rings is 1. The van der Waals surface area contributed by atoms with E-state index in [0.717, 1.165) is 30.8 Å². The fourth-order valence-corrected chi connectivity index (χ4v) is 3.60. The Morgan fingerprint density at radius 2 is 1.90 bits per heavy atom. The van der Waals surface area contributed by atoms with Crippen molar-refractivity contribution in [1.82, 2.24) is 9.80 Å². The summed E-state index contributed by atoms with van der Waals surface area (Å²) in [5.74, 6) is 1.33. The van der Waals surface area contributed by atoms with E-state index in [2.05, 4.69) is 12.1 Å². The zero-order valence-electron chi connectivity index (χ0n) is 18.2. The van der Waals surface area contributed by atoms with E-state index in [1.54, 1.807) is 6.92 Å². The molecule has 1 saturated carbocycles. The fraction of sp³-hybridized carbons (Fsp3) is 0.500. The molecule has 0 spiro atoms. The van der Waals surface area contributed by atoms with Crippen LogP contribution in [0.1, 0.15) is 43.8 Å². The van der Waals surface area contributed by atoms with Gasteiger partial charge in [-0.3, -0.25) is 14.5 Å². The quantitative estimate of drug-likeness (QED) is 0.528. The lowest BCUT2D eigenvalue weighted by atomic mass is 10.1. The molecule has 1 amide bonds. The molecule has 1 heterocycles.